The van der Waals surface area contributed by atoms with Crippen molar-refractivity contribution in [2.24, 2.45) is 0 Å². The van der Waals surface area contributed by atoms with Crippen LogP contribution in [0.15, 0.2) is 29.8 Å². The second kappa shape index (κ2) is 4.76. The van der Waals surface area contributed by atoms with E-state index in [2.05, 4.69) is 37.0 Å². The SMILES string of the molecule is Cc1ccc(C)c(-c2cn3c(CC(=O)O)csc3n2)c1. The van der Waals surface area contributed by atoms with Crippen LogP contribution >= 0.6 is 11.3 Å². The van der Waals surface area contributed by atoms with Crippen molar-refractivity contribution < 1.29 is 9.90 Å². The highest BCUT2D eigenvalue weighted by Gasteiger charge is 2.13. The number of imidazole rings is 1. The fourth-order valence-corrected chi connectivity index (χ4v) is 3.13. The first-order valence-corrected chi connectivity index (χ1v) is 7.17. The van der Waals surface area contributed by atoms with E-state index < -0.39 is 5.97 Å². The number of thiazole rings is 1. The van der Waals surface area contributed by atoms with Crippen molar-refractivity contribution in [2.45, 2.75) is 20.3 Å². The lowest BCUT2D eigenvalue weighted by atomic mass is 10.0. The summed E-state index contributed by atoms with van der Waals surface area (Å²) in [5, 5.41) is 10.8. The molecule has 0 bridgehead atoms. The van der Waals surface area contributed by atoms with E-state index in [0.717, 1.165) is 21.9 Å². The summed E-state index contributed by atoms with van der Waals surface area (Å²) < 4.78 is 1.87. The van der Waals surface area contributed by atoms with Gasteiger partial charge >= 0.3 is 5.97 Å². The first-order valence-electron chi connectivity index (χ1n) is 6.29. The predicted octanol–water partition coefficient (Wildman–Crippen LogP) is 3.31. The van der Waals surface area contributed by atoms with Crippen LogP contribution in [0.1, 0.15) is 16.8 Å². The zero-order valence-electron chi connectivity index (χ0n) is 11.3. The van der Waals surface area contributed by atoms with Crippen LogP contribution in [0.4, 0.5) is 0 Å². The Morgan fingerprint density at radius 3 is 2.95 bits per heavy atom. The van der Waals surface area contributed by atoms with Crippen LogP contribution < -0.4 is 0 Å². The molecule has 2 aromatic heterocycles. The van der Waals surface area contributed by atoms with Gasteiger partial charge in [-0.15, -0.1) is 11.3 Å². The summed E-state index contributed by atoms with van der Waals surface area (Å²) in [4.78, 5) is 16.3. The molecule has 0 aliphatic carbocycles. The van der Waals surface area contributed by atoms with Crippen LogP contribution in [0, 0.1) is 13.8 Å². The Hall–Kier alpha value is -2.14. The molecular formula is C15H14N2O2S. The molecule has 1 aromatic carbocycles. The maximum absolute atomic E-state index is 10.9. The monoisotopic (exact) mass is 286 g/mol. The second-order valence-corrected chi connectivity index (χ2v) is 5.73. The number of aliphatic carboxylic acids is 1. The number of aromatic nitrogens is 2. The van der Waals surface area contributed by atoms with Gasteiger partial charge in [-0.25, -0.2) is 4.98 Å². The van der Waals surface area contributed by atoms with Crippen LogP contribution in [0.2, 0.25) is 0 Å². The Balaban J connectivity index is 2.11. The van der Waals surface area contributed by atoms with Gasteiger partial charge in [0.25, 0.3) is 0 Å². The van der Waals surface area contributed by atoms with Gasteiger partial charge in [-0.3, -0.25) is 9.20 Å². The minimum absolute atomic E-state index is 0.0165. The van der Waals surface area contributed by atoms with Crippen molar-refractivity contribution in [3.05, 3.63) is 46.6 Å². The normalized spacial score (nSPS) is 11.1. The predicted molar refractivity (Wildman–Crippen MR) is 79.3 cm³/mol. The van der Waals surface area contributed by atoms with Gasteiger partial charge in [0.2, 0.25) is 0 Å². The summed E-state index contributed by atoms with van der Waals surface area (Å²) in [6, 6.07) is 6.27. The number of fused-ring (bicyclic) bond motifs is 1. The number of aryl methyl sites for hydroxylation is 2. The Labute approximate surface area is 120 Å². The molecule has 0 saturated heterocycles. The fraction of sp³-hybridized carbons (Fsp3) is 0.200. The molecule has 0 amide bonds. The second-order valence-electron chi connectivity index (χ2n) is 4.89. The quantitative estimate of drug-likeness (QED) is 0.803. The molecule has 0 fully saturated rings. The van der Waals surface area contributed by atoms with Crippen LogP contribution in [0.3, 0.4) is 0 Å². The highest BCUT2D eigenvalue weighted by Crippen LogP contribution is 2.27. The number of hydrogen-bond acceptors (Lipinski definition) is 3. The van der Waals surface area contributed by atoms with Gasteiger partial charge in [0.1, 0.15) is 0 Å². The number of carbonyl (C=O) groups is 1. The molecule has 102 valence electrons. The lowest BCUT2D eigenvalue weighted by molar-refractivity contribution is -0.136. The van der Waals surface area contributed by atoms with Crippen molar-refractivity contribution in [1.82, 2.24) is 9.38 Å². The molecule has 3 aromatic rings. The molecule has 0 spiro atoms. The lowest BCUT2D eigenvalue weighted by Crippen LogP contribution is -2.02. The van der Waals surface area contributed by atoms with Crippen molar-refractivity contribution in [3.8, 4) is 11.3 Å². The van der Waals surface area contributed by atoms with Crippen LogP contribution in [-0.2, 0) is 11.2 Å². The first-order chi connectivity index (χ1) is 9.54. The van der Waals surface area contributed by atoms with E-state index in [1.807, 2.05) is 16.0 Å². The molecule has 0 unspecified atom stereocenters. The maximum Gasteiger partial charge on any atom is 0.309 e. The van der Waals surface area contributed by atoms with E-state index in [9.17, 15) is 4.79 Å². The summed E-state index contributed by atoms with van der Waals surface area (Å²) in [6.45, 7) is 4.11. The number of carboxylic acids is 1. The molecule has 0 radical (unpaired) electrons. The van der Waals surface area contributed by atoms with E-state index in [4.69, 9.17) is 5.11 Å². The molecule has 0 atom stereocenters. The summed E-state index contributed by atoms with van der Waals surface area (Å²) >= 11 is 1.47. The van der Waals surface area contributed by atoms with E-state index in [1.165, 1.54) is 22.5 Å². The van der Waals surface area contributed by atoms with E-state index >= 15 is 0 Å². The Bertz CT molecular complexity index is 801. The van der Waals surface area contributed by atoms with Gasteiger partial charge in [0.15, 0.2) is 4.96 Å². The average molecular weight is 286 g/mol. The summed E-state index contributed by atoms with van der Waals surface area (Å²) in [5.74, 6) is -0.827. The third kappa shape index (κ3) is 2.20. The largest absolute Gasteiger partial charge is 0.481 e. The Morgan fingerprint density at radius 1 is 1.40 bits per heavy atom. The molecule has 1 N–H and O–H groups in total. The molecule has 3 rings (SSSR count). The average Bonchev–Trinajstić information content (AvgIpc) is 2.94. The summed E-state index contributed by atoms with van der Waals surface area (Å²) in [6.07, 6.45) is 1.94. The molecule has 5 heteroatoms. The molecule has 0 aliphatic heterocycles. The lowest BCUT2D eigenvalue weighted by Gasteiger charge is -2.03. The minimum Gasteiger partial charge on any atom is -0.481 e. The van der Waals surface area contributed by atoms with Crippen LogP contribution in [0.5, 0.6) is 0 Å². The molecule has 20 heavy (non-hydrogen) atoms. The number of rotatable bonds is 3. The zero-order chi connectivity index (χ0) is 14.3. The van der Waals surface area contributed by atoms with Crippen molar-refractivity contribution in [3.63, 3.8) is 0 Å². The Kier molecular flexibility index (Phi) is 3.06. The topological polar surface area (TPSA) is 54.6 Å². The standard InChI is InChI=1S/C15H14N2O2S/c1-9-3-4-10(2)12(5-9)13-7-17-11(6-14(18)19)8-20-15(17)16-13/h3-5,7-8H,6H2,1-2H3,(H,18,19). The number of carboxylic acid groups (broad SMARTS) is 1. The fourth-order valence-electron chi connectivity index (χ4n) is 2.25. The highest BCUT2D eigenvalue weighted by atomic mass is 32.1. The molecule has 0 aliphatic rings. The Morgan fingerprint density at radius 2 is 2.20 bits per heavy atom. The molecule has 2 heterocycles. The number of benzene rings is 1. The van der Waals surface area contributed by atoms with E-state index in [0.29, 0.717) is 0 Å². The smallest absolute Gasteiger partial charge is 0.309 e. The van der Waals surface area contributed by atoms with Gasteiger partial charge < -0.3 is 5.11 Å². The molecule has 0 saturated carbocycles. The summed E-state index contributed by atoms with van der Waals surface area (Å²) in [5.41, 5.74) is 5.11. The molecule has 4 nitrogen and oxygen atoms in total. The van der Waals surface area contributed by atoms with Gasteiger partial charge in [0, 0.05) is 22.8 Å². The third-order valence-corrected chi connectivity index (χ3v) is 4.17. The van der Waals surface area contributed by atoms with E-state index in [1.54, 1.807) is 0 Å². The van der Waals surface area contributed by atoms with Crippen molar-refractivity contribution >= 4 is 22.3 Å². The third-order valence-electron chi connectivity index (χ3n) is 3.28. The first kappa shape index (κ1) is 12.9. The maximum atomic E-state index is 10.9. The van der Waals surface area contributed by atoms with Gasteiger partial charge in [-0.05, 0) is 25.5 Å². The number of hydrogen-bond donors (Lipinski definition) is 1. The van der Waals surface area contributed by atoms with E-state index in [-0.39, 0.29) is 6.42 Å². The van der Waals surface area contributed by atoms with Gasteiger partial charge in [-0.2, -0.15) is 0 Å². The van der Waals surface area contributed by atoms with Crippen LogP contribution in [0.25, 0.3) is 16.2 Å². The van der Waals surface area contributed by atoms with Crippen molar-refractivity contribution in [2.75, 3.05) is 0 Å². The van der Waals surface area contributed by atoms with Gasteiger partial charge in [-0.1, -0.05) is 17.7 Å². The van der Waals surface area contributed by atoms with Crippen LogP contribution in [-0.4, -0.2) is 20.5 Å². The zero-order valence-corrected chi connectivity index (χ0v) is 12.1. The number of nitrogens with zero attached hydrogens (tertiary/aromatic N) is 2. The molecular weight excluding hydrogens is 272 g/mol. The summed E-state index contributed by atoms with van der Waals surface area (Å²) in [7, 11) is 0. The van der Waals surface area contributed by atoms with Crippen molar-refractivity contribution in [1.29, 1.82) is 0 Å². The van der Waals surface area contributed by atoms with Gasteiger partial charge in [0.05, 0.1) is 12.1 Å². The minimum atomic E-state index is -0.827. The highest BCUT2D eigenvalue weighted by molar-refractivity contribution is 7.15.